The number of hydrogen-bond acceptors (Lipinski definition) is 0. The molecule has 20 heavy (non-hydrogen) atoms. The van der Waals surface area contributed by atoms with Crippen molar-refractivity contribution < 1.29 is 0 Å². The molecule has 0 fully saturated rings. The third-order valence-electron chi connectivity index (χ3n) is 3.67. The molecule has 0 spiro atoms. The summed E-state index contributed by atoms with van der Waals surface area (Å²) in [6.07, 6.45) is 1.08. The Morgan fingerprint density at radius 3 is 2.25 bits per heavy atom. The first-order chi connectivity index (χ1) is 9.88. The van der Waals surface area contributed by atoms with Crippen molar-refractivity contribution in [1.82, 2.24) is 0 Å². The molecule has 0 N–H and O–H groups in total. The number of fused-ring (bicyclic) bond motifs is 2. The van der Waals surface area contributed by atoms with E-state index in [1.165, 1.54) is 26.0 Å². The van der Waals surface area contributed by atoms with E-state index in [1.807, 2.05) is 0 Å². The van der Waals surface area contributed by atoms with E-state index < -0.39 is 0 Å². The van der Waals surface area contributed by atoms with Crippen LogP contribution in [0.25, 0.3) is 20.4 Å². The topological polar surface area (TPSA) is 0 Å². The van der Waals surface area contributed by atoms with Gasteiger partial charge in [-0.15, -0.1) is 0 Å². The SMILES string of the molecule is c1ccc2cc(Cc3cc4ccccc4[se]3)ccc2c1. The van der Waals surface area contributed by atoms with Gasteiger partial charge in [0, 0.05) is 0 Å². The van der Waals surface area contributed by atoms with Gasteiger partial charge in [0.25, 0.3) is 0 Å². The molecule has 0 aliphatic heterocycles. The Kier molecular flexibility index (Phi) is 2.95. The molecule has 0 aliphatic carbocycles. The van der Waals surface area contributed by atoms with Crippen molar-refractivity contribution in [2.45, 2.75) is 6.42 Å². The summed E-state index contributed by atoms with van der Waals surface area (Å²) in [5.41, 5.74) is 1.42. The minimum atomic E-state index is 0.502. The van der Waals surface area contributed by atoms with E-state index in [4.69, 9.17) is 0 Å². The van der Waals surface area contributed by atoms with Crippen molar-refractivity contribution in [3.05, 3.63) is 82.8 Å². The molecular formula is C19H14Se. The predicted octanol–water partition coefficient (Wildman–Crippen LogP) is 4.64. The van der Waals surface area contributed by atoms with Crippen LogP contribution in [0.2, 0.25) is 0 Å². The Morgan fingerprint density at radius 2 is 1.40 bits per heavy atom. The molecule has 0 unspecified atom stereocenters. The van der Waals surface area contributed by atoms with E-state index in [0.29, 0.717) is 14.5 Å². The summed E-state index contributed by atoms with van der Waals surface area (Å²) in [5.74, 6) is 0. The zero-order valence-corrected chi connectivity index (χ0v) is 12.8. The van der Waals surface area contributed by atoms with Crippen LogP contribution in [0.3, 0.4) is 0 Å². The number of rotatable bonds is 2. The monoisotopic (exact) mass is 322 g/mol. The van der Waals surface area contributed by atoms with Crippen molar-refractivity contribution >= 4 is 34.9 Å². The van der Waals surface area contributed by atoms with Gasteiger partial charge in [0.15, 0.2) is 0 Å². The molecule has 96 valence electrons. The quantitative estimate of drug-likeness (QED) is 0.472. The van der Waals surface area contributed by atoms with Gasteiger partial charge in [-0.3, -0.25) is 0 Å². The minimum absolute atomic E-state index is 0.502. The van der Waals surface area contributed by atoms with Crippen LogP contribution in [0, 0.1) is 0 Å². The molecule has 0 aliphatic rings. The van der Waals surface area contributed by atoms with Gasteiger partial charge in [-0.05, 0) is 0 Å². The third-order valence-corrected chi connectivity index (χ3v) is 6.01. The van der Waals surface area contributed by atoms with Gasteiger partial charge < -0.3 is 0 Å². The summed E-state index contributed by atoms with van der Waals surface area (Å²) in [6, 6.07) is 26.6. The standard InChI is InChI=1S/C19H14Se/c1-2-6-16-11-14(9-10-15(16)5-1)12-18-13-17-7-3-4-8-19(17)20-18/h1-11,13H,12H2. The average Bonchev–Trinajstić information content (AvgIpc) is 2.89. The fraction of sp³-hybridized carbons (Fsp3) is 0.0526. The van der Waals surface area contributed by atoms with Gasteiger partial charge >= 0.3 is 124 Å². The van der Waals surface area contributed by atoms with E-state index in [2.05, 4.69) is 72.8 Å². The molecule has 0 amide bonds. The molecule has 0 bridgehead atoms. The zero-order chi connectivity index (χ0) is 13.4. The summed E-state index contributed by atoms with van der Waals surface area (Å²) in [5, 5.41) is 4.09. The summed E-state index contributed by atoms with van der Waals surface area (Å²) in [4.78, 5) is 0. The van der Waals surface area contributed by atoms with Gasteiger partial charge in [0.05, 0.1) is 0 Å². The normalized spacial score (nSPS) is 11.2. The van der Waals surface area contributed by atoms with Crippen LogP contribution >= 0.6 is 0 Å². The van der Waals surface area contributed by atoms with Crippen LogP contribution in [-0.2, 0) is 6.42 Å². The van der Waals surface area contributed by atoms with Crippen LogP contribution in [0.1, 0.15) is 10.0 Å². The second-order valence-corrected chi connectivity index (χ2v) is 7.56. The Morgan fingerprint density at radius 1 is 0.650 bits per heavy atom. The summed E-state index contributed by atoms with van der Waals surface area (Å²) >= 11 is 0.502. The summed E-state index contributed by atoms with van der Waals surface area (Å²) in [6.45, 7) is 0. The van der Waals surface area contributed by atoms with Crippen LogP contribution in [0.5, 0.6) is 0 Å². The van der Waals surface area contributed by atoms with Crippen LogP contribution < -0.4 is 0 Å². The van der Waals surface area contributed by atoms with Crippen molar-refractivity contribution in [2.75, 3.05) is 0 Å². The molecule has 1 heteroatoms. The molecule has 1 heterocycles. The Bertz CT molecular complexity index is 853. The molecular weight excluding hydrogens is 307 g/mol. The Balaban J connectivity index is 1.72. The third kappa shape index (κ3) is 2.20. The van der Waals surface area contributed by atoms with Crippen molar-refractivity contribution in [2.24, 2.45) is 0 Å². The molecule has 0 saturated heterocycles. The molecule has 0 radical (unpaired) electrons. The van der Waals surface area contributed by atoms with Gasteiger partial charge in [-0.1, -0.05) is 0 Å². The first-order valence-electron chi connectivity index (χ1n) is 6.84. The Hall–Kier alpha value is -1.82. The molecule has 1 aromatic heterocycles. The van der Waals surface area contributed by atoms with E-state index in [1.54, 1.807) is 4.44 Å². The maximum absolute atomic E-state index is 2.38. The van der Waals surface area contributed by atoms with Gasteiger partial charge in [-0.2, -0.15) is 0 Å². The van der Waals surface area contributed by atoms with Crippen molar-refractivity contribution in [3.63, 3.8) is 0 Å². The van der Waals surface area contributed by atoms with Crippen LogP contribution in [0.4, 0.5) is 0 Å². The van der Waals surface area contributed by atoms with Crippen molar-refractivity contribution in [3.8, 4) is 0 Å². The van der Waals surface area contributed by atoms with Crippen molar-refractivity contribution in [1.29, 1.82) is 0 Å². The molecule has 0 nitrogen and oxygen atoms in total. The summed E-state index contributed by atoms with van der Waals surface area (Å²) < 4.78 is 3.10. The molecule has 4 aromatic rings. The van der Waals surface area contributed by atoms with Gasteiger partial charge in [-0.25, -0.2) is 0 Å². The van der Waals surface area contributed by atoms with Crippen LogP contribution in [-0.4, -0.2) is 14.5 Å². The second kappa shape index (κ2) is 4.94. The predicted molar refractivity (Wildman–Crippen MR) is 87.6 cm³/mol. The van der Waals surface area contributed by atoms with Crippen LogP contribution in [0.15, 0.2) is 72.8 Å². The first kappa shape index (κ1) is 12.0. The van der Waals surface area contributed by atoms with E-state index >= 15 is 0 Å². The molecule has 3 aromatic carbocycles. The molecule has 0 atom stereocenters. The summed E-state index contributed by atoms with van der Waals surface area (Å²) in [7, 11) is 0. The average molecular weight is 321 g/mol. The number of benzene rings is 3. The molecule has 0 saturated carbocycles. The van der Waals surface area contributed by atoms with E-state index in [9.17, 15) is 0 Å². The maximum atomic E-state index is 2.38. The fourth-order valence-corrected chi connectivity index (χ4v) is 4.98. The van der Waals surface area contributed by atoms with E-state index in [-0.39, 0.29) is 0 Å². The fourth-order valence-electron chi connectivity index (χ4n) is 2.67. The number of hydrogen-bond donors (Lipinski definition) is 0. The molecule has 4 rings (SSSR count). The van der Waals surface area contributed by atoms with E-state index in [0.717, 1.165) is 6.42 Å². The van der Waals surface area contributed by atoms with Gasteiger partial charge in [0.2, 0.25) is 0 Å². The second-order valence-electron chi connectivity index (χ2n) is 5.11. The zero-order valence-electron chi connectivity index (χ0n) is 11.0. The van der Waals surface area contributed by atoms with Gasteiger partial charge in [0.1, 0.15) is 0 Å². The Labute approximate surface area is 124 Å². The first-order valence-corrected chi connectivity index (χ1v) is 8.55.